The zero-order chi connectivity index (χ0) is 9.14. The smallest absolute Gasteiger partial charge is 0.212 e. The summed E-state index contributed by atoms with van der Waals surface area (Å²) in [4.78, 5) is 9.17. The van der Waals surface area contributed by atoms with E-state index in [-0.39, 0.29) is 5.96 Å². The number of aromatic nitrogens is 1. The van der Waals surface area contributed by atoms with Crippen molar-refractivity contribution in [2.75, 3.05) is 0 Å². The Balaban J connectivity index is 2.97. The fourth-order valence-corrected chi connectivity index (χ4v) is 2.24. The van der Waals surface area contributed by atoms with Gasteiger partial charge in [-0.2, -0.15) is 4.99 Å². The van der Waals surface area contributed by atoms with Crippen LogP contribution in [0.25, 0.3) is 0 Å². The number of hydrogen-bond donors (Lipinski definition) is 2. The molecular weight excluding hydrogens is 240 g/mol. The molecule has 1 aromatic heterocycles. The Morgan fingerprint density at radius 3 is 2.75 bits per heavy atom. The van der Waals surface area contributed by atoms with Gasteiger partial charge in [-0.05, 0) is 6.92 Å². The quantitative estimate of drug-likeness (QED) is 0.470. The minimum Gasteiger partial charge on any atom is -0.370 e. The van der Waals surface area contributed by atoms with E-state index in [0.717, 1.165) is 15.9 Å². The van der Waals surface area contributed by atoms with Crippen molar-refractivity contribution in [3.8, 4) is 0 Å². The highest BCUT2D eigenvalue weighted by molar-refractivity contribution is 9.08. The molecule has 1 rings (SSSR count). The van der Waals surface area contributed by atoms with Crippen LogP contribution >= 0.6 is 27.3 Å². The van der Waals surface area contributed by atoms with Crippen molar-refractivity contribution >= 4 is 38.4 Å². The highest BCUT2D eigenvalue weighted by atomic mass is 79.9. The Hall–Kier alpha value is -0.620. The standard InChI is InChI=1S/C6H9BrN4S/c1-3-4(2-7)10-6(12-3)11-5(8)9/h2H2,1H3,(H4,8,9,10,11). The van der Waals surface area contributed by atoms with Gasteiger partial charge in [0, 0.05) is 10.2 Å². The molecule has 0 aliphatic heterocycles. The van der Waals surface area contributed by atoms with E-state index in [1.165, 1.54) is 11.3 Å². The molecule has 0 saturated carbocycles. The SMILES string of the molecule is Cc1sc(N=C(N)N)nc1CBr. The van der Waals surface area contributed by atoms with E-state index in [2.05, 4.69) is 25.9 Å². The van der Waals surface area contributed by atoms with Crippen LogP contribution in [0.15, 0.2) is 4.99 Å². The van der Waals surface area contributed by atoms with Gasteiger partial charge < -0.3 is 11.5 Å². The van der Waals surface area contributed by atoms with Crippen molar-refractivity contribution in [3.63, 3.8) is 0 Å². The van der Waals surface area contributed by atoms with Crippen molar-refractivity contribution in [1.29, 1.82) is 0 Å². The minimum atomic E-state index is 0.0462. The van der Waals surface area contributed by atoms with Crippen LogP contribution in [0.3, 0.4) is 0 Å². The first-order chi connectivity index (χ1) is 5.63. The van der Waals surface area contributed by atoms with E-state index < -0.39 is 0 Å². The molecule has 66 valence electrons. The number of thiazole rings is 1. The molecule has 1 aromatic rings. The zero-order valence-corrected chi connectivity index (χ0v) is 8.94. The summed E-state index contributed by atoms with van der Waals surface area (Å²) in [6.07, 6.45) is 0. The monoisotopic (exact) mass is 248 g/mol. The summed E-state index contributed by atoms with van der Waals surface area (Å²) in [7, 11) is 0. The Labute approximate surface area is 82.8 Å². The van der Waals surface area contributed by atoms with Gasteiger partial charge in [-0.25, -0.2) is 4.98 Å². The fraction of sp³-hybridized carbons (Fsp3) is 0.333. The third-order valence-corrected chi connectivity index (χ3v) is 2.67. The van der Waals surface area contributed by atoms with Crippen LogP contribution in [0.4, 0.5) is 5.13 Å². The molecule has 4 N–H and O–H groups in total. The maximum atomic E-state index is 5.21. The van der Waals surface area contributed by atoms with Gasteiger partial charge in [0.05, 0.1) is 5.69 Å². The predicted molar refractivity (Wildman–Crippen MR) is 55.0 cm³/mol. The molecule has 12 heavy (non-hydrogen) atoms. The molecule has 0 fully saturated rings. The van der Waals surface area contributed by atoms with E-state index in [1.54, 1.807) is 0 Å². The number of rotatable bonds is 2. The van der Waals surface area contributed by atoms with E-state index in [9.17, 15) is 0 Å². The number of hydrogen-bond acceptors (Lipinski definition) is 3. The van der Waals surface area contributed by atoms with Gasteiger partial charge in [0.1, 0.15) is 0 Å². The number of guanidine groups is 1. The lowest BCUT2D eigenvalue weighted by molar-refractivity contribution is 1.19. The maximum Gasteiger partial charge on any atom is 0.212 e. The van der Waals surface area contributed by atoms with Crippen molar-refractivity contribution in [3.05, 3.63) is 10.6 Å². The third-order valence-electron chi connectivity index (χ3n) is 1.23. The van der Waals surface area contributed by atoms with Gasteiger partial charge in [0.15, 0.2) is 5.96 Å². The zero-order valence-electron chi connectivity index (χ0n) is 6.54. The first-order valence-electron chi connectivity index (χ1n) is 3.25. The number of aryl methyl sites for hydroxylation is 1. The topological polar surface area (TPSA) is 77.3 Å². The van der Waals surface area contributed by atoms with E-state index in [0.29, 0.717) is 5.13 Å². The molecule has 0 radical (unpaired) electrons. The molecule has 4 nitrogen and oxygen atoms in total. The number of nitrogens with zero attached hydrogens (tertiary/aromatic N) is 2. The van der Waals surface area contributed by atoms with Crippen molar-refractivity contribution < 1.29 is 0 Å². The highest BCUT2D eigenvalue weighted by Crippen LogP contribution is 2.25. The number of halogens is 1. The summed E-state index contributed by atoms with van der Waals surface area (Å²) >= 11 is 4.80. The molecule has 1 heterocycles. The average molecular weight is 249 g/mol. The lowest BCUT2D eigenvalue weighted by Crippen LogP contribution is -2.21. The Morgan fingerprint density at radius 1 is 1.67 bits per heavy atom. The van der Waals surface area contributed by atoms with Crippen molar-refractivity contribution in [2.45, 2.75) is 12.3 Å². The molecule has 0 saturated heterocycles. The van der Waals surface area contributed by atoms with Crippen LogP contribution in [0.2, 0.25) is 0 Å². The van der Waals surface area contributed by atoms with Gasteiger partial charge in [0.25, 0.3) is 0 Å². The summed E-state index contributed by atoms with van der Waals surface area (Å²) in [5.74, 6) is 0.0462. The minimum absolute atomic E-state index is 0.0462. The van der Waals surface area contributed by atoms with Gasteiger partial charge in [0.2, 0.25) is 5.13 Å². The first kappa shape index (κ1) is 9.47. The molecule has 6 heteroatoms. The van der Waals surface area contributed by atoms with Gasteiger partial charge >= 0.3 is 0 Å². The number of alkyl halides is 1. The summed E-state index contributed by atoms with van der Waals surface area (Å²) in [5, 5.41) is 1.34. The summed E-state index contributed by atoms with van der Waals surface area (Å²) < 4.78 is 0. The van der Waals surface area contributed by atoms with Crippen LogP contribution in [0.5, 0.6) is 0 Å². The Bertz CT molecular complexity index is 302. The Morgan fingerprint density at radius 2 is 2.33 bits per heavy atom. The molecule has 0 aromatic carbocycles. The second kappa shape index (κ2) is 3.86. The summed E-state index contributed by atoms with van der Waals surface area (Å²) in [5.41, 5.74) is 11.4. The second-order valence-corrected chi connectivity index (χ2v) is 3.91. The Kier molecular flexibility index (Phi) is 3.05. The lowest BCUT2D eigenvalue weighted by atomic mass is 10.4. The van der Waals surface area contributed by atoms with Gasteiger partial charge in [-0.3, -0.25) is 0 Å². The fourth-order valence-electron chi connectivity index (χ4n) is 0.695. The number of aliphatic imine (C=N–C) groups is 1. The molecule has 0 unspecified atom stereocenters. The van der Waals surface area contributed by atoms with E-state index in [1.807, 2.05) is 6.92 Å². The second-order valence-electron chi connectivity index (χ2n) is 2.17. The van der Waals surface area contributed by atoms with Gasteiger partial charge in [-0.15, -0.1) is 0 Å². The normalized spacial score (nSPS) is 9.83. The molecule has 0 bridgehead atoms. The van der Waals surface area contributed by atoms with Crippen molar-refractivity contribution in [1.82, 2.24) is 4.98 Å². The average Bonchev–Trinajstić information content (AvgIpc) is 2.29. The lowest BCUT2D eigenvalue weighted by Gasteiger charge is -1.86. The maximum absolute atomic E-state index is 5.21. The van der Waals surface area contributed by atoms with E-state index in [4.69, 9.17) is 11.5 Å². The van der Waals surface area contributed by atoms with Crippen LogP contribution in [-0.2, 0) is 5.33 Å². The summed E-state index contributed by atoms with van der Waals surface area (Å²) in [6, 6.07) is 0. The van der Waals surface area contributed by atoms with E-state index >= 15 is 0 Å². The molecular formula is C6H9BrN4S. The third kappa shape index (κ3) is 2.18. The van der Waals surface area contributed by atoms with Crippen LogP contribution < -0.4 is 11.5 Å². The van der Waals surface area contributed by atoms with Crippen LogP contribution in [0, 0.1) is 6.92 Å². The summed E-state index contributed by atoms with van der Waals surface area (Å²) in [6.45, 7) is 1.99. The highest BCUT2D eigenvalue weighted by Gasteiger charge is 2.04. The first-order valence-corrected chi connectivity index (χ1v) is 5.19. The number of nitrogens with two attached hydrogens (primary N) is 2. The molecule has 0 aliphatic carbocycles. The molecule has 0 amide bonds. The van der Waals surface area contributed by atoms with Crippen LogP contribution in [0.1, 0.15) is 10.6 Å². The van der Waals surface area contributed by atoms with Crippen molar-refractivity contribution in [2.24, 2.45) is 16.5 Å². The van der Waals surface area contributed by atoms with Gasteiger partial charge in [-0.1, -0.05) is 27.3 Å². The predicted octanol–water partition coefficient (Wildman–Crippen LogP) is 1.25. The molecule has 0 aliphatic rings. The van der Waals surface area contributed by atoms with Crippen LogP contribution in [-0.4, -0.2) is 10.9 Å². The largest absolute Gasteiger partial charge is 0.370 e. The molecule has 0 spiro atoms. The molecule has 0 atom stereocenters.